The predicted molar refractivity (Wildman–Crippen MR) is 60.6 cm³/mol. The van der Waals surface area contributed by atoms with Crippen LogP contribution in [0.2, 0.25) is 0 Å². The SMILES string of the molecule is Nc1ccc(F)c(F)c1OC1CC2CCC1C2. The molecule has 1 aromatic carbocycles. The monoisotopic (exact) mass is 239 g/mol. The lowest BCUT2D eigenvalue weighted by Crippen LogP contribution is -2.24. The normalized spacial score (nSPS) is 30.8. The summed E-state index contributed by atoms with van der Waals surface area (Å²) in [6.45, 7) is 0. The smallest absolute Gasteiger partial charge is 0.202 e. The number of anilines is 1. The highest BCUT2D eigenvalue weighted by Gasteiger charge is 2.41. The van der Waals surface area contributed by atoms with Crippen LogP contribution in [0.5, 0.6) is 5.75 Å². The maximum absolute atomic E-state index is 13.6. The van der Waals surface area contributed by atoms with Gasteiger partial charge >= 0.3 is 0 Å². The largest absolute Gasteiger partial charge is 0.485 e. The fraction of sp³-hybridized carbons (Fsp3) is 0.538. The van der Waals surface area contributed by atoms with E-state index in [0.29, 0.717) is 11.8 Å². The first-order chi connectivity index (χ1) is 8.15. The number of halogens is 2. The number of benzene rings is 1. The van der Waals surface area contributed by atoms with E-state index in [4.69, 9.17) is 10.5 Å². The van der Waals surface area contributed by atoms with Gasteiger partial charge in [-0.2, -0.15) is 4.39 Å². The van der Waals surface area contributed by atoms with Crippen molar-refractivity contribution in [1.82, 2.24) is 0 Å². The van der Waals surface area contributed by atoms with Crippen molar-refractivity contribution in [2.75, 3.05) is 5.73 Å². The fourth-order valence-corrected chi connectivity index (χ4v) is 3.15. The summed E-state index contributed by atoms with van der Waals surface area (Å²) >= 11 is 0. The molecular weight excluding hydrogens is 224 g/mol. The third-order valence-corrected chi connectivity index (χ3v) is 4.02. The molecule has 2 aliphatic rings. The lowest BCUT2D eigenvalue weighted by molar-refractivity contribution is 0.132. The minimum atomic E-state index is -0.965. The fourth-order valence-electron chi connectivity index (χ4n) is 3.15. The Bertz CT molecular complexity index is 449. The van der Waals surface area contributed by atoms with E-state index < -0.39 is 11.6 Å². The van der Waals surface area contributed by atoms with E-state index in [1.54, 1.807) is 0 Å². The Hall–Kier alpha value is -1.32. The average Bonchev–Trinajstić information content (AvgIpc) is 2.91. The van der Waals surface area contributed by atoms with Gasteiger partial charge in [-0.15, -0.1) is 0 Å². The van der Waals surface area contributed by atoms with E-state index in [9.17, 15) is 8.78 Å². The molecule has 0 saturated heterocycles. The van der Waals surface area contributed by atoms with Crippen molar-refractivity contribution in [3.8, 4) is 5.75 Å². The summed E-state index contributed by atoms with van der Waals surface area (Å²) in [6, 6.07) is 2.37. The second kappa shape index (κ2) is 3.86. The Morgan fingerprint density at radius 3 is 2.65 bits per heavy atom. The van der Waals surface area contributed by atoms with Crippen molar-refractivity contribution < 1.29 is 13.5 Å². The Morgan fingerprint density at radius 2 is 2.00 bits per heavy atom. The Labute approximate surface area is 98.8 Å². The summed E-state index contributed by atoms with van der Waals surface area (Å²) in [5.74, 6) is -0.794. The van der Waals surface area contributed by atoms with Crippen molar-refractivity contribution in [3.05, 3.63) is 23.8 Å². The van der Waals surface area contributed by atoms with Gasteiger partial charge in [-0.25, -0.2) is 4.39 Å². The van der Waals surface area contributed by atoms with E-state index in [-0.39, 0.29) is 17.5 Å². The van der Waals surface area contributed by atoms with Crippen LogP contribution in [0.15, 0.2) is 12.1 Å². The molecule has 1 aromatic rings. The molecule has 0 heterocycles. The van der Waals surface area contributed by atoms with Crippen LogP contribution in [-0.4, -0.2) is 6.10 Å². The first-order valence-electron chi connectivity index (χ1n) is 6.05. The highest BCUT2D eigenvalue weighted by atomic mass is 19.2. The van der Waals surface area contributed by atoms with E-state index >= 15 is 0 Å². The molecular formula is C13H15F2NO. The van der Waals surface area contributed by atoms with Crippen LogP contribution < -0.4 is 10.5 Å². The number of nitrogen functional groups attached to an aromatic ring is 1. The van der Waals surface area contributed by atoms with Gasteiger partial charge in [-0.3, -0.25) is 0 Å². The summed E-state index contributed by atoms with van der Waals surface area (Å²) in [7, 11) is 0. The van der Waals surface area contributed by atoms with Crippen LogP contribution in [0.25, 0.3) is 0 Å². The average molecular weight is 239 g/mol. The van der Waals surface area contributed by atoms with Crippen molar-refractivity contribution in [1.29, 1.82) is 0 Å². The molecule has 2 nitrogen and oxygen atoms in total. The molecule has 2 bridgehead atoms. The zero-order chi connectivity index (χ0) is 12.0. The lowest BCUT2D eigenvalue weighted by Gasteiger charge is -2.24. The topological polar surface area (TPSA) is 35.2 Å². The van der Waals surface area contributed by atoms with E-state index in [1.807, 2.05) is 0 Å². The van der Waals surface area contributed by atoms with Crippen LogP contribution in [0, 0.1) is 23.5 Å². The van der Waals surface area contributed by atoms with Crippen LogP contribution in [0.1, 0.15) is 25.7 Å². The highest BCUT2D eigenvalue weighted by Crippen LogP contribution is 2.46. The van der Waals surface area contributed by atoms with Gasteiger partial charge in [0, 0.05) is 0 Å². The van der Waals surface area contributed by atoms with Crippen molar-refractivity contribution in [3.63, 3.8) is 0 Å². The molecule has 0 amide bonds. The van der Waals surface area contributed by atoms with Crippen molar-refractivity contribution in [2.45, 2.75) is 31.8 Å². The summed E-state index contributed by atoms with van der Waals surface area (Å²) in [5, 5.41) is 0. The quantitative estimate of drug-likeness (QED) is 0.805. The zero-order valence-corrected chi connectivity index (χ0v) is 9.46. The molecule has 3 rings (SSSR count). The van der Waals surface area contributed by atoms with Gasteiger partial charge < -0.3 is 10.5 Å². The Morgan fingerprint density at radius 1 is 1.18 bits per heavy atom. The summed E-state index contributed by atoms with van der Waals surface area (Å²) < 4.78 is 32.3. The van der Waals surface area contributed by atoms with Gasteiger partial charge in [0.1, 0.15) is 6.10 Å². The number of ether oxygens (including phenoxy) is 1. The lowest BCUT2D eigenvalue weighted by atomic mass is 9.98. The maximum Gasteiger partial charge on any atom is 0.202 e. The molecule has 3 atom stereocenters. The number of hydrogen-bond acceptors (Lipinski definition) is 2. The third kappa shape index (κ3) is 1.75. The molecule has 2 aliphatic carbocycles. The minimum absolute atomic E-state index is 0.00681. The number of hydrogen-bond donors (Lipinski definition) is 1. The van der Waals surface area contributed by atoms with E-state index in [2.05, 4.69) is 0 Å². The molecule has 4 heteroatoms. The number of fused-ring (bicyclic) bond motifs is 2. The standard InChI is InChI=1S/C13H15F2NO/c14-9-3-4-10(16)13(12(9)15)17-11-6-7-1-2-8(11)5-7/h3-4,7-8,11H,1-2,5-6,16H2. The van der Waals surface area contributed by atoms with Crippen molar-refractivity contribution >= 4 is 5.69 Å². The van der Waals surface area contributed by atoms with Crippen LogP contribution >= 0.6 is 0 Å². The van der Waals surface area contributed by atoms with E-state index in [0.717, 1.165) is 25.3 Å². The van der Waals surface area contributed by atoms with Crippen LogP contribution in [0.4, 0.5) is 14.5 Å². The van der Waals surface area contributed by atoms with Gasteiger partial charge in [-0.05, 0) is 49.7 Å². The highest BCUT2D eigenvalue weighted by molar-refractivity contribution is 5.53. The van der Waals surface area contributed by atoms with Gasteiger partial charge in [0.25, 0.3) is 0 Å². The second-order valence-corrected chi connectivity index (χ2v) is 5.11. The predicted octanol–water partition coefficient (Wildman–Crippen LogP) is 3.11. The molecule has 17 heavy (non-hydrogen) atoms. The second-order valence-electron chi connectivity index (χ2n) is 5.11. The van der Waals surface area contributed by atoms with Gasteiger partial charge in [-0.1, -0.05) is 0 Å². The number of rotatable bonds is 2. The molecule has 92 valence electrons. The first kappa shape index (κ1) is 10.8. The van der Waals surface area contributed by atoms with Gasteiger partial charge in [0.2, 0.25) is 5.82 Å². The van der Waals surface area contributed by atoms with Gasteiger partial charge in [0.15, 0.2) is 11.6 Å². The van der Waals surface area contributed by atoms with Crippen LogP contribution in [-0.2, 0) is 0 Å². The third-order valence-electron chi connectivity index (χ3n) is 4.02. The Balaban J connectivity index is 1.83. The molecule has 0 spiro atoms. The molecule has 3 unspecified atom stereocenters. The molecule has 0 aromatic heterocycles. The maximum atomic E-state index is 13.6. The molecule has 2 fully saturated rings. The summed E-state index contributed by atoms with van der Waals surface area (Å²) in [6.07, 6.45) is 4.48. The number of nitrogens with two attached hydrogens (primary N) is 1. The molecule has 0 aliphatic heterocycles. The first-order valence-corrected chi connectivity index (χ1v) is 6.05. The molecule has 0 radical (unpaired) electrons. The van der Waals surface area contributed by atoms with Gasteiger partial charge in [0.05, 0.1) is 5.69 Å². The van der Waals surface area contributed by atoms with E-state index in [1.165, 1.54) is 12.5 Å². The molecule has 2 saturated carbocycles. The van der Waals surface area contributed by atoms with Crippen molar-refractivity contribution in [2.24, 2.45) is 11.8 Å². The molecule has 2 N–H and O–H groups in total. The minimum Gasteiger partial charge on any atom is -0.485 e. The van der Waals surface area contributed by atoms with Crippen LogP contribution in [0.3, 0.4) is 0 Å². The summed E-state index contributed by atoms with van der Waals surface area (Å²) in [5.41, 5.74) is 5.81. The zero-order valence-electron chi connectivity index (χ0n) is 9.46. The Kier molecular flexibility index (Phi) is 2.45. The summed E-state index contributed by atoms with van der Waals surface area (Å²) in [4.78, 5) is 0.